The lowest BCUT2D eigenvalue weighted by molar-refractivity contribution is -0.182. The van der Waals surface area contributed by atoms with Gasteiger partial charge in [-0.2, -0.15) is 0 Å². The van der Waals surface area contributed by atoms with Crippen molar-refractivity contribution in [2.75, 3.05) is 0 Å². The maximum Gasteiger partial charge on any atom is 0.408 e. The van der Waals surface area contributed by atoms with Gasteiger partial charge in [-0.3, -0.25) is 0 Å². The molecule has 4 saturated carbocycles. The second kappa shape index (κ2) is 5.10. The molecule has 0 spiro atoms. The maximum absolute atomic E-state index is 12.1. The van der Waals surface area contributed by atoms with Crippen molar-refractivity contribution in [1.29, 1.82) is 0 Å². The number of aliphatic carboxylic acids is 1. The molecular weight excluding hydrogens is 298 g/mol. The second-order valence-corrected chi connectivity index (χ2v) is 8.97. The van der Waals surface area contributed by atoms with Gasteiger partial charge in [0.2, 0.25) is 0 Å². The first kappa shape index (κ1) is 16.6. The van der Waals surface area contributed by atoms with E-state index in [1.165, 1.54) is 0 Å². The molecular formula is C17H27NO5. The number of carboxylic acid groups (broad SMARTS) is 1. The summed E-state index contributed by atoms with van der Waals surface area (Å²) in [7, 11) is 0. The number of amides is 1. The van der Waals surface area contributed by atoms with Crippen LogP contribution in [0.15, 0.2) is 0 Å². The minimum absolute atomic E-state index is 0.364. The number of carbonyl (C=O) groups excluding carboxylic acids is 1. The number of alkyl carbamates (subject to hydrolysis) is 1. The first-order valence-electron chi connectivity index (χ1n) is 8.45. The van der Waals surface area contributed by atoms with E-state index in [-0.39, 0.29) is 0 Å². The van der Waals surface area contributed by atoms with Crippen LogP contribution in [0.2, 0.25) is 0 Å². The number of nitrogens with one attached hydrogen (secondary N) is 1. The van der Waals surface area contributed by atoms with Crippen molar-refractivity contribution in [3.05, 3.63) is 0 Å². The molecule has 0 aromatic heterocycles. The SMILES string of the molecule is CC(C)(C)OC(=O)N[C@H](C(=O)O)C12CC3C[C@@H](CC(O)(C3)C1)C2. The monoisotopic (exact) mass is 325 g/mol. The molecule has 1 amide bonds. The summed E-state index contributed by atoms with van der Waals surface area (Å²) in [5.41, 5.74) is -1.98. The van der Waals surface area contributed by atoms with Crippen LogP contribution in [-0.2, 0) is 9.53 Å². The molecule has 4 aliphatic carbocycles. The van der Waals surface area contributed by atoms with Crippen LogP contribution in [0, 0.1) is 17.3 Å². The fourth-order valence-electron chi connectivity index (χ4n) is 5.52. The van der Waals surface area contributed by atoms with Crippen molar-refractivity contribution < 1.29 is 24.5 Å². The molecule has 0 aromatic rings. The second-order valence-electron chi connectivity index (χ2n) is 8.97. The van der Waals surface area contributed by atoms with Crippen LogP contribution in [-0.4, -0.2) is 39.5 Å². The summed E-state index contributed by atoms with van der Waals surface area (Å²) in [6.07, 6.45) is 3.89. The summed E-state index contributed by atoms with van der Waals surface area (Å²) in [5.74, 6) is -0.312. The molecule has 0 radical (unpaired) electrons. The van der Waals surface area contributed by atoms with E-state index in [2.05, 4.69) is 5.32 Å². The van der Waals surface area contributed by atoms with Crippen molar-refractivity contribution in [3.63, 3.8) is 0 Å². The smallest absolute Gasteiger partial charge is 0.408 e. The molecule has 3 unspecified atom stereocenters. The quantitative estimate of drug-likeness (QED) is 0.740. The van der Waals surface area contributed by atoms with Gasteiger partial charge < -0.3 is 20.3 Å². The van der Waals surface area contributed by atoms with Crippen LogP contribution >= 0.6 is 0 Å². The minimum Gasteiger partial charge on any atom is -0.480 e. The first-order valence-corrected chi connectivity index (χ1v) is 8.45. The van der Waals surface area contributed by atoms with E-state index >= 15 is 0 Å². The normalized spacial score (nSPS) is 39.8. The van der Waals surface area contributed by atoms with Gasteiger partial charge in [0.05, 0.1) is 5.60 Å². The molecule has 3 N–H and O–H groups in total. The number of aliphatic hydroxyl groups is 1. The van der Waals surface area contributed by atoms with Crippen LogP contribution < -0.4 is 5.32 Å². The fraction of sp³-hybridized carbons (Fsp3) is 0.882. The Morgan fingerprint density at radius 1 is 1.17 bits per heavy atom. The Morgan fingerprint density at radius 2 is 1.74 bits per heavy atom. The van der Waals surface area contributed by atoms with Crippen LogP contribution in [0.4, 0.5) is 4.79 Å². The Balaban J connectivity index is 1.81. The predicted molar refractivity (Wildman–Crippen MR) is 82.9 cm³/mol. The van der Waals surface area contributed by atoms with Gasteiger partial charge in [0, 0.05) is 5.41 Å². The number of hydrogen-bond acceptors (Lipinski definition) is 4. The Labute approximate surface area is 136 Å². The molecule has 4 fully saturated rings. The van der Waals surface area contributed by atoms with Gasteiger partial charge in [-0.15, -0.1) is 0 Å². The van der Waals surface area contributed by atoms with E-state index in [1.54, 1.807) is 20.8 Å². The summed E-state index contributed by atoms with van der Waals surface area (Å²) < 4.78 is 5.23. The van der Waals surface area contributed by atoms with Crippen molar-refractivity contribution >= 4 is 12.1 Å². The molecule has 0 aliphatic heterocycles. The van der Waals surface area contributed by atoms with Crippen LogP contribution in [0.3, 0.4) is 0 Å². The number of hydrogen-bond donors (Lipinski definition) is 3. The number of rotatable bonds is 3. The van der Waals surface area contributed by atoms with Gasteiger partial charge in [-0.1, -0.05) is 0 Å². The van der Waals surface area contributed by atoms with Gasteiger partial charge in [-0.25, -0.2) is 9.59 Å². The van der Waals surface area contributed by atoms with Crippen LogP contribution in [0.1, 0.15) is 59.3 Å². The maximum atomic E-state index is 12.1. The molecule has 0 heterocycles. The molecule has 4 bridgehead atoms. The van der Waals surface area contributed by atoms with Crippen LogP contribution in [0.25, 0.3) is 0 Å². The minimum atomic E-state index is -1.04. The van der Waals surface area contributed by atoms with E-state index < -0.39 is 34.7 Å². The topological polar surface area (TPSA) is 95.9 Å². The van der Waals surface area contributed by atoms with Crippen molar-refractivity contribution in [2.45, 2.75) is 76.5 Å². The Bertz CT molecular complexity index is 510. The zero-order chi connectivity index (χ0) is 17.0. The standard InChI is InChI=1S/C17H27NO5/c1-15(2,3)23-14(21)18-12(13(19)20)16-5-10-4-11(6-16)8-17(22,7-10)9-16/h10-12,22H,4-9H2,1-3H3,(H,18,21)(H,19,20)/t10-,11?,12-,16?,17?/m1/s1. The van der Waals surface area contributed by atoms with E-state index in [9.17, 15) is 19.8 Å². The highest BCUT2D eigenvalue weighted by Crippen LogP contribution is 2.62. The van der Waals surface area contributed by atoms with Gasteiger partial charge >= 0.3 is 12.1 Å². The van der Waals surface area contributed by atoms with E-state index in [0.717, 1.165) is 32.1 Å². The summed E-state index contributed by atoms with van der Waals surface area (Å²) in [5, 5.41) is 23.1. The van der Waals surface area contributed by atoms with Gasteiger partial charge in [0.1, 0.15) is 11.6 Å². The van der Waals surface area contributed by atoms with E-state index in [1.807, 2.05) is 0 Å². The summed E-state index contributed by atoms with van der Waals surface area (Å²) in [4.78, 5) is 24.0. The molecule has 130 valence electrons. The average molecular weight is 325 g/mol. The van der Waals surface area contributed by atoms with Crippen molar-refractivity contribution in [2.24, 2.45) is 17.3 Å². The van der Waals surface area contributed by atoms with Gasteiger partial charge in [0.25, 0.3) is 0 Å². The third kappa shape index (κ3) is 3.18. The molecule has 0 aromatic carbocycles. The zero-order valence-electron chi connectivity index (χ0n) is 14.1. The lowest BCUT2D eigenvalue weighted by atomic mass is 9.46. The molecule has 4 rings (SSSR count). The molecule has 0 saturated heterocycles. The molecule has 6 heteroatoms. The fourth-order valence-corrected chi connectivity index (χ4v) is 5.52. The summed E-state index contributed by atoms with van der Waals surface area (Å²) in [6, 6.07) is -1.00. The van der Waals surface area contributed by atoms with Crippen LogP contribution in [0.5, 0.6) is 0 Å². The highest BCUT2D eigenvalue weighted by atomic mass is 16.6. The average Bonchev–Trinajstić information content (AvgIpc) is 2.29. The third-order valence-corrected chi connectivity index (χ3v) is 5.60. The number of carbonyl (C=O) groups is 2. The number of carboxylic acids is 1. The first-order chi connectivity index (χ1) is 10.5. The predicted octanol–water partition coefficient (Wildman–Crippen LogP) is 2.30. The van der Waals surface area contributed by atoms with Gasteiger partial charge in [0.15, 0.2) is 0 Å². The van der Waals surface area contributed by atoms with Crippen molar-refractivity contribution in [3.8, 4) is 0 Å². The lowest BCUT2D eigenvalue weighted by Crippen LogP contribution is -2.64. The largest absolute Gasteiger partial charge is 0.480 e. The molecule has 6 nitrogen and oxygen atoms in total. The van der Waals surface area contributed by atoms with Gasteiger partial charge in [-0.05, 0) is 71.1 Å². The highest BCUT2D eigenvalue weighted by molar-refractivity contribution is 5.81. The Kier molecular flexibility index (Phi) is 3.67. The summed E-state index contributed by atoms with van der Waals surface area (Å²) >= 11 is 0. The summed E-state index contributed by atoms with van der Waals surface area (Å²) in [6.45, 7) is 5.24. The Morgan fingerprint density at radius 3 is 2.17 bits per heavy atom. The third-order valence-electron chi connectivity index (χ3n) is 5.60. The van der Waals surface area contributed by atoms with Crippen molar-refractivity contribution in [1.82, 2.24) is 5.32 Å². The highest BCUT2D eigenvalue weighted by Gasteiger charge is 2.61. The molecule has 4 aliphatic rings. The molecule has 23 heavy (non-hydrogen) atoms. The Hall–Kier alpha value is -1.30. The van der Waals surface area contributed by atoms with E-state index in [4.69, 9.17) is 4.74 Å². The lowest BCUT2D eigenvalue weighted by Gasteiger charge is -2.61. The zero-order valence-corrected chi connectivity index (χ0v) is 14.1. The molecule has 5 atom stereocenters. The van der Waals surface area contributed by atoms with E-state index in [0.29, 0.717) is 18.3 Å². The number of ether oxygens (including phenoxy) is 1.